The van der Waals surface area contributed by atoms with E-state index in [1.807, 2.05) is 0 Å². The highest BCUT2D eigenvalue weighted by Crippen LogP contribution is 2.30. The van der Waals surface area contributed by atoms with E-state index in [-0.39, 0.29) is 12.0 Å². The van der Waals surface area contributed by atoms with Crippen LogP contribution in [0.3, 0.4) is 0 Å². The number of rotatable bonds is 2. The van der Waals surface area contributed by atoms with Crippen LogP contribution in [-0.4, -0.2) is 43.3 Å². The fourth-order valence-corrected chi connectivity index (χ4v) is 2.36. The van der Waals surface area contributed by atoms with E-state index < -0.39 is 6.18 Å². The number of nitrogens with one attached hydrogen (secondary N) is 1. The van der Waals surface area contributed by atoms with Crippen LogP contribution in [0.15, 0.2) is 11.6 Å². The summed E-state index contributed by atoms with van der Waals surface area (Å²) in [5.41, 5.74) is -0.358. The molecule has 1 fully saturated rings. The van der Waals surface area contributed by atoms with Gasteiger partial charge < -0.3 is 5.32 Å². The van der Waals surface area contributed by atoms with Crippen LogP contribution in [0, 0.1) is 0 Å². The van der Waals surface area contributed by atoms with E-state index in [1.165, 1.54) is 12.5 Å². The van der Waals surface area contributed by atoms with Crippen LogP contribution >= 0.6 is 0 Å². The second-order valence-corrected chi connectivity index (χ2v) is 4.53. The molecule has 0 aliphatic carbocycles. The average molecular weight is 234 g/mol. The molecule has 0 spiro atoms. The van der Waals surface area contributed by atoms with Gasteiger partial charge in [0.2, 0.25) is 0 Å². The first kappa shape index (κ1) is 11.9. The van der Waals surface area contributed by atoms with E-state index in [1.54, 1.807) is 0 Å². The largest absolute Gasteiger partial charge is 0.412 e. The molecule has 2 aliphatic heterocycles. The second-order valence-electron chi connectivity index (χ2n) is 4.53. The smallest absolute Gasteiger partial charge is 0.313 e. The predicted molar refractivity (Wildman–Crippen MR) is 56.2 cm³/mol. The highest BCUT2D eigenvalue weighted by atomic mass is 19.4. The summed E-state index contributed by atoms with van der Waals surface area (Å²) in [6, 6.07) is 0.473. The lowest BCUT2D eigenvalue weighted by molar-refractivity contribution is -0.0960. The Kier molecular flexibility index (Phi) is 3.54. The maximum absolute atomic E-state index is 12.4. The number of alkyl halides is 3. The molecular formula is C11H17F3N2. The Labute approximate surface area is 93.5 Å². The molecule has 0 aromatic rings. The minimum Gasteiger partial charge on any atom is -0.313 e. The van der Waals surface area contributed by atoms with Gasteiger partial charge in [-0.05, 0) is 25.8 Å². The van der Waals surface area contributed by atoms with Crippen LogP contribution in [0.1, 0.15) is 19.3 Å². The molecule has 1 N–H and O–H groups in total. The Balaban J connectivity index is 1.82. The lowest BCUT2D eigenvalue weighted by Crippen LogP contribution is -2.40. The molecule has 2 nitrogen and oxygen atoms in total. The van der Waals surface area contributed by atoms with Gasteiger partial charge in [0.05, 0.1) is 0 Å². The number of nitrogens with zero attached hydrogens (tertiary/aromatic N) is 1. The maximum atomic E-state index is 12.4. The third kappa shape index (κ3) is 2.98. The SMILES string of the molecule is FC(F)(F)C1=CCN(C[C@H]2CCCN2)CC1. The Hall–Kier alpha value is -0.550. The topological polar surface area (TPSA) is 15.3 Å². The minimum atomic E-state index is -4.13. The molecule has 92 valence electrons. The number of hydrogen-bond acceptors (Lipinski definition) is 2. The molecule has 0 amide bonds. The van der Waals surface area contributed by atoms with Gasteiger partial charge in [-0.3, -0.25) is 4.90 Å². The standard InChI is InChI=1S/C11H17F3N2/c12-11(13,14)9-3-6-16(7-4-9)8-10-2-1-5-15-10/h3,10,15H,1-2,4-8H2/t10-/m1/s1. The van der Waals surface area contributed by atoms with Gasteiger partial charge in [0.25, 0.3) is 0 Å². The summed E-state index contributed by atoms with van der Waals surface area (Å²) in [6.07, 6.45) is -0.332. The van der Waals surface area contributed by atoms with Gasteiger partial charge in [-0.15, -0.1) is 0 Å². The predicted octanol–water partition coefficient (Wildman–Crippen LogP) is 1.93. The first-order valence-corrected chi connectivity index (χ1v) is 5.77. The molecule has 16 heavy (non-hydrogen) atoms. The van der Waals surface area contributed by atoms with Gasteiger partial charge in [0.1, 0.15) is 0 Å². The zero-order valence-corrected chi connectivity index (χ0v) is 9.19. The molecule has 2 heterocycles. The highest BCUT2D eigenvalue weighted by molar-refractivity contribution is 5.13. The molecule has 0 unspecified atom stereocenters. The summed E-state index contributed by atoms with van der Waals surface area (Å²) in [5.74, 6) is 0. The summed E-state index contributed by atoms with van der Waals surface area (Å²) in [5, 5.41) is 3.36. The first-order chi connectivity index (χ1) is 7.55. The average Bonchev–Trinajstić information content (AvgIpc) is 2.70. The normalized spacial score (nSPS) is 28.2. The van der Waals surface area contributed by atoms with Crippen LogP contribution in [0.5, 0.6) is 0 Å². The fraction of sp³-hybridized carbons (Fsp3) is 0.818. The Morgan fingerprint density at radius 2 is 2.25 bits per heavy atom. The van der Waals surface area contributed by atoms with Gasteiger partial charge in [0, 0.05) is 31.2 Å². The molecule has 0 aromatic heterocycles. The van der Waals surface area contributed by atoms with Gasteiger partial charge >= 0.3 is 6.18 Å². The van der Waals surface area contributed by atoms with Gasteiger partial charge in [-0.2, -0.15) is 13.2 Å². The zero-order valence-electron chi connectivity index (χ0n) is 9.19. The molecule has 0 saturated carbocycles. The van der Waals surface area contributed by atoms with Crippen molar-refractivity contribution < 1.29 is 13.2 Å². The summed E-state index contributed by atoms with van der Waals surface area (Å²) >= 11 is 0. The molecular weight excluding hydrogens is 217 g/mol. The van der Waals surface area contributed by atoms with E-state index in [9.17, 15) is 13.2 Å². The molecule has 2 aliphatic rings. The molecule has 0 aromatic carbocycles. The maximum Gasteiger partial charge on any atom is 0.412 e. The summed E-state index contributed by atoms with van der Waals surface area (Å²) < 4.78 is 37.1. The van der Waals surface area contributed by atoms with Gasteiger partial charge in [0.15, 0.2) is 0 Å². The fourth-order valence-electron chi connectivity index (χ4n) is 2.36. The third-order valence-electron chi connectivity index (χ3n) is 3.30. The van der Waals surface area contributed by atoms with Gasteiger partial charge in [-0.1, -0.05) is 6.08 Å². The van der Waals surface area contributed by atoms with Crippen molar-refractivity contribution >= 4 is 0 Å². The van der Waals surface area contributed by atoms with Crippen molar-refractivity contribution in [3.63, 3.8) is 0 Å². The molecule has 2 rings (SSSR count). The van der Waals surface area contributed by atoms with Crippen LogP contribution in [0.25, 0.3) is 0 Å². The van der Waals surface area contributed by atoms with Crippen LogP contribution in [-0.2, 0) is 0 Å². The Bertz CT molecular complexity index is 267. The second kappa shape index (κ2) is 4.75. The quantitative estimate of drug-likeness (QED) is 0.734. The number of halogens is 3. The molecule has 0 radical (unpaired) electrons. The van der Waals surface area contributed by atoms with Crippen molar-refractivity contribution in [2.45, 2.75) is 31.5 Å². The van der Waals surface area contributed by atoms with Crippen molar-refractivity contribution in [1.82, 2.24) is 10.2 Å². The number of hydrogen-bond donors (Lipinski definition) is 1. The Morgan fingerprint density at radius 3 is 2.75 bits per heavy atom. The summed E-state index contributed by atoms with van der Waals surface area (Å²) in [7, 11) is 0. The van der Waals surface area contributed by atoms with E-state index >= 15 is 0 Å². The molecule has 0 bridgehead atoms. The molecule has 1 saturated heterocycles. The van der Waals surface area contributed by atoms with E-state index in [0.717, 1.165) is 19.5 Å². The van der Waals surface area contributed by atoms with Gasteiger partial charge in [-0.25, -0.2) is 0 Å². The zero-order chi connectivity index (χ0) is 11.6. The van der Waals surface area contributed by atoms with Crippen LogP contribution in [0.2, 0.25) is 0 Å². The highest BCUT2D eigenvalue weighted by Gasteiger charge is 2.35. The minimum absolute atomic E-state index is 0.135. The molecule has 5 heteroatoms. The lowest BCUT2D eigenvalue weighted by Gasteiger charge is -2.29. The molecule has 1 atom stereocenters. The van der Waals surface area contributed by atoms with E-state index in [0.29, 0.717) is 19.1 Å². The Morgan fingerprint density at radius 1 is 1.44 bits per heavy atom. The van der Waals surface area contributed by atoms with Crippen LogP contribution < -0.4 is 5.32 Å². The van der Waals surface area contributed by atoms with Crippen molar-refractivity contribution in [3.8, 4) is 0 Å². The van der Waals surface area contributed by atoms with Crippen molar-refractivity contribution in [2.75, 3.05) is 26.2 Å². The van der Waals surface area contributed by atoms with E-state index in [2.05, 4.69) is 10.2 Å². The van der Waals surface area contributed by atoms with Crippen LogP contribution in [0.4, 0.5) is 13.2 Å². The van der Waals surface area contributed by atoms with Crippen molar-refractivity contribution in [1.29, 1.82) is 0 Å². The third-order valence-corrected chi connectivity index (χ3v) is 3.30. The lowest BCUT2D eigenvalue weighted by atomic mass is 10.1. The van der Waals surface area contributed by atoms with Crippen molar-refractivity contribution in [2.24, 2.45) is 0 Å². The first-order valence-electron chi connectivity index (χ1n) is 5.77. The summed E-state index contributed by atoms with van der Waals surface area (Å²) in [4.78, 5) is 2.10. The van der Waals surface area contributed by atoms with Crippen molar-refractivity contribution in [3.05, 3.63) is 11.6 Å². The summed E-state index contributed by atoms with van der Waals surface area (Å²) in [6.45, 7) is 2.89. The monoisotopic (exact) mass is 234 g/mol. The van der Waals surface area contributed by atoms with E-state index in [4.69, 9.17) is 0 Å².